The average Bonchev–Trinajstić information content (AvgIpc) is 3.24. The molecule has 32 heavy (non-hydrogen) atoms. The molecule has 4 heterocycles. The number of aromatic nitrogens is 2. The largest absolute Gasteiger partial charge is 0.490 e. The van der Waals surface area contributed by atoms with Crippen LogP contribution in [-0.4, -0.2) is 95.8 Å². The van der Waals surface area contributed by atoms with E-state index in [9.17, 15) is 26.4 Å². The molecule has 3 aliphatic heterocycles. The number of hydrogen-bond acceptors (Lipinski definition) is 7. The van der Waals surface area contributed by atoms with Crippen LogP contribution in [0.15, 0.2) is 18.5 Å². The van der Waals surface area contributed by atoms with Crippen molar-refractivity contribution >= 4 is 27.8 Å². The highest BCUT2D eigenvalue weighted by atomic mass is 32.2. The molecule has 2 atom stereocenters. The molecule has 0 aliphatic carbocycles. The number of piperidine rings is 1. The van der Waals surface area contributed by atoms with E-state index in [1.807, 2.05) is 11.9 Å². The number of sulfonamides is 1. The summed E-state index contributed by atoms with van der Waals surface area (Å²) in [6.45, 7) is 2.32. The van der Waals surface area contributed by atoms with Crippen LogP contribution in [0.25, 0.3) is 0 Å². The number of amides is 1. The number of anilines is 1. The van der Waals surface area contributed by atoms with Crippen LogP contribution in [0.4, 0.5) is 19.1 Å². The van der Waals surface area contributed by atoms with Crippen LogP contribution in [0.5, 0.6) is 0 Å². The Kier molecular flexibility index (Phi) is 6.39. The van der Waals surface area contributed by atoms with Crippen LogP contribution in [0.2, 0.25) is 0 Å². The first-order chi connectivity index (χ1) is 14.8. The van der Waals surface area contributed by atoms with Gasteiger partial charge in [0.05, 0.1) is 17.7 Å². The first-order valence-electron chi connectivity index (χ1n) is 9.82. The fourth-order valence-electron chi connectivity index (χ4n) is 4.84. The van der Waals surface area contributed by atoms with Gasteiger partial charge in [0, 0.05) is 51.5 Å². The lowest BCUT2D eigenvalue weighted by molar-refractivity contribution is -0.192. The number of aliphatic carboxylic acids is 1. The number of carboxylic acids is 1. The van der Waals surface area contributed by atoms with E-state index in [-0.39, 0.29) is 23.3 Å². The lowest BCUT2D eigenvalue weighted by atomic mass is 9.75. The summed E-state index contributed by atoms with van der Waals surface area (Å²) in [5.41, 5.74) is -0.257. The molecule has 1 amide bonds. The Bertz CT molecular complexity index is 967. The Morgan fingerprint density at radius 3 is 2.19 bits per heavy atom. The number of rotatable bonds is 2. The van der Waals surface area contributed by atoms with Crippen molar-refractivity contribution < 1.29 is 36.3 Å². The van der Waals surface area contributed by atoms with Crippen molar-refractivity contribution in [3.05, 3.63) is 18.5 Å². The maximum Gasteiger partial charge on any atom is 0.490 e. The van der Waals surface area contributed by atoms with Crippen LogP contribution in [0.1, 0.15) is 12.8 Å². The molecule has 3 saturated heterocycles. The van der Waals surface area contributed by atoms with Gasteiger partial charge in [-0.1, -0.05) is 0 Å². The second-order valence-corrected chi connectivity index (χ2v) is 10.1. The molecule has 1 aromatic rings. The minimum absolute atomic E-state index is 0.0569. The van der Waals surface area contributed by atoms with Gasteiger partial charge < -0.3 is 14.9 Å². The van der Waals surface area contributed by atoms with Gasteiger partial charge >= 0.3 is 12.1 Å². The van der Waals surface area contributed by atoms with Gasteiger partial charge in [0.25, 0.3) is 0 Å². The summed E-state index contributed by atoms with van der Waals surface area (Å²) in [7, 11) is -1.30. The predicted octanol–water partition coefficient (Wildman–Crippen LogP) is 0.429. The number of carbonyl (C=O) groups excluding carboxylic acids is 1. The van der Waals surface area contributed by atoms with Crippen LogP contribution < -0.4 is 4.90 Å². The number of hydrogen-bond donors (Lipinski definition) is 1. The molecule has 0 unspecified atom stereocenters. The molecule has 0 aromatic carbocycles. The second-order valence-electron chi connectivity index (χ2n) is 8.13. The zero-order chi connectivity index (χ0) is 23.9. The van der Waals surface area contributed by atoms with Crippen LogP contribution in [-0.2, 0) is 19.6 Å². The standard InChI is InChI=1S/C16H23N5O3S.C2HF3O2/c1-19-14(22)12-10-20(15-17-6-3-7-18-15)11-13(12)16(19)4-8-21(9-5-16)25(2,23)24;3-2(4,5)1(6)7/h3,6-7,12-13H,4-5,8-11H2,1-2H3;(H,6,7)/t12-,13+;/m0./s1. The zero-order valence-electron chi connectivity index (χ0n) is 17.5. The van der Waals surface area contributed by atoms with Gasteiger partial charge in [-0.25, -0.2) is 27.5 Å². The Labute approximate surface area is 183 Å². The number of halogens is 3. The van der Waals surface area contributed by atoms with Crippen LogP contribution in [0, 0.1) is 11.8 Å². The summed E-state index contributed by atoms with van der Waals surface area (Å²) in [6.07, 6.45) is 0.969. The summed E-state index contributed by atoms with van der Waals surface area (Å²) < 4.78 is 56.9. The Balaban J connectivity index is 0.000000360. The van der Waals surface area contributed by atoms with E-state index in [0.29, 0.717) is 38.4 Å². The molecule has 3 aliphatic rings. The van der Waals surface area contributed by atoms with Crippen molar-refractivity contribution in [1.82, 2.24) is 19.2 Å². The fraction of sp³-hybridized carbons (Fsp3) is 0.667. The minimum Gasteiger partial charge on any atom is -0.475 e. The maximum atomic E-state index is 12.8. The summed E-state index contributed by atoms with van der Waals surface area (Å²) in [5.74, 6) is -1.80. The molecule has 1 spiro atoms. The summed E-state index contributed by atoms with van der Waals surface area (Å²) in [4.78, 5) is 34.3. The molecule has 1 aromatic heterocycles. The Hall–Kier alpha value is -2.48. The number of carbonyl (C=O) groups is 2. The van der Waals surface area contributed by atoms with Crippen molar-refractivity contribution in [2.24, 2.45) is 11.8 Å². The highest BCUT2D eigenvalue weighted by Gasteiger charge is 2.61. The van der Waals surface area contributed by atoms with E-state index < -0.39 is 22.2 Å². The molecule has 0 radical (unpaired) electrons. The molecule has 4 rings (SSSR count). The number of nitrogens with zero attached hydrogens (tertiary/aromatic N) is 5. The SMILES string of the molecule is CN1C(=O)[C@H]2CN(c3ncccn3)C[C@H]2C12CCN(S(C)(=O)=O)CC2.O=C(O)C(F)(F)F. The van der Waals surface area contributed by atoms with E-state index >= 15 is 0 Å². The van der Waals surface area contributed by atoms with E-state index in [0.717, 1.165) is 6.54 Å². The third kappa shape index (κ3) is 4.51. The average molecular weight is 479 g/mol. The summed E-state index contributed by atoms with van der Waals surface area (Å²) >= 11 is 0. The third-order valence-corrected chi connectivity index (χ3v) is 7.76. The lowest BCUT2D eigenvalue weighted by Crippen LogP contribution is -2.56. The van der Waals surface area contributed by atoms with Crippen molar-refractivity contribution in [3.8, 4) is 0 Å². The molecule has 14 heteroatoms. The fourth-order valence-corrected chi connectivity index (χ4v) is 5.69. The molecular weight excluding hydrogens is 455 g/mol. The van der Waals surface area contributed by atoms with E-state index in [1.165, 1.54) is 10.6 Å². The van der Waals surface area contributed by atoms with Gasteiger partial charge in [-0.15, -0.1) is 0 Å². The van der Waals surface area contributed by atoms with Crippen molar-refractivity contribution in [2.75, 3.05) is 44.4 Å². The first-order valence-corrected chi connectivity index (χ1v) is 11.7. The predicted molar refractivity (Wildman–Crippen MR) is 106 cm³/mol. The minimum atomic E-state index is -5.08. The Morgan fingerprint density at radius 2 is 1.72 bits per heavy atom. The van der Waals surface area contributed by atoms with E-state index in [2.05, 4.69) is 14.9 Å². The normalized spacial score (nSPS) is 25.5. The van der Waals surface area contributed by atoms with E-state index in [4.69, 9.17) is 9.90 Å². The van der Waals surface area contributed by atoms with Gasteiger partial charge in [-0.05, 0) is 18.9 Å². The zero-order valence-corrected chi connectivity index (χ0v) is 18.3. The second kappa shape index (κ2) is 8.46. The molecular formula is C18H24F3N5O5S. The topological polar surface area (TPSA) is 124 Å². The third-order valence-electron chi connectivity index (χ3n) is 6.46. The lowest BCUT2D eigenvalue weighted by Gasteiger charge is -2.46. The monoisotopic (exact) mass is 479 g/mol. The summed E-state index contributed by atoms with van der Waals surface area (Å²) in [5, 5.41) is 7.12. The van der Waals surface area contributed by atoms with Gasteiger partial charge in [0.2, 0.25) is 21.9 Å². The maximum absolute atomic E-state index is 12.8. The van der Waals surface area contributed by atoms with Crippen LogP contribution in [0.3, 0.4) is 0 Å². The number of fused-ring (bicyclic) bond motifs is 2. The van der Waals surface area contributed by atoms with Crippen LogP contribution >= 0.6 is 0 Å². The van der Waals surface area contributed by atoms with Gasteiger partial charge in [0.15, 0.2) is 0 Å². The van der Waals surface area contributed by atoms with E-state index in [1.54, 1.807) is 18.5 Å². The molecule has 10 nitrogen and oxygen atoms in total. The Morgan fingerprint density at radius 1 is 1.19 bits per heavy atom. The van der Waals surface area contributed by atoms with Gasteiger partial charge in [-0.3, -0.25) is 4.79 Å². The molecule has 3 fully saturated rings. The first kappa shape index (κ1) is 24.2. The van der Waals surface area contributed by atoms with Gasteiger partial charge in [0.1, 0.15) is 0 Å². The quantitative estimate of drug-likeness (QED) is 0.648. The highest BCUT2D eigenvalue weighted by molar-refractivity contribution is 7.88. The van der Waals surface area contributed by atoms with Gasteiger partial charge in [-0.2, -0.15) is 13.2 Å². The summed E-state index contributed by atoms with van der Waals surface area (Å²) in [6, 6.07) is 1.78. The van der Waals surface area contributed by atoms with Crippen molar-refractivity contribution in [3.63, 3.8) is 0 Å². The number of alkyl halides is 3. The number of carboxylic acid groups (broad SMARTS) is 1. The van der Waals surface area contributed by atoms with Crippen molar-refractivity contribution in [2.45, 2.75) is 24.6 Å². The molecule has 1 N–H and O–H groups in total. The smallest absolute Gasteiger partial charge is 0.475 e. The molecule has 178 valence electrons. The molecule has 0 bridgehead atoms. The highest BCUT2D eigenvalue weighted by Crippen LogP contribution is 2.49. The molecule has 0 saturated carbocycles. The van der Waals surface area contributed by atoms with Crippen molar-refractivity contribution in [1.29, 1.82) is 0 Å². The number of likely N-dealkylation sites (tertiary alicyclic amines) is 1.